The number of sulfonamides is 1. The molecule has 0 amide bonds. The van der Waals surface area contributed by atoms with E-state index in [0.717, 1.165) is 41.7 Å². The van der Waals surface area contributed by atoms with Crippen molar-refractivity contribution in [3.63, 3.8) is 0 Å². The maximum absolute atomic E-state index is 12.9. The Morgan fingerprint density at radius 2 is 1.93 bits per heavy atom. The number of fused-ring (bicyclic) bond motifs is 2. The molecular formula is C21H24N2O3S2. The Kier molecular flexibility index (Phi) is 5.16. The number of aromatic nitrogens is 1. The zero-order valence-corrected chi connectivity index (χ0v) is 17.7. The molecule has 0 saturated heterocycles. The van der Waals surface area contributed by atoms with E-state index in [4.69, 9.17) is 0 Å². The average molecular weight is 417 g/mol. The summed E-state index contributed by atoms with van der Waals surface area (Å²) in [5.41, 5.74) is 4.47. The monoisotopic (exact) mass is 416 g/mol. The number of aryl methyl sites for hydroxylation is 3. The zero-order valence-electron chi connectivity index (χ0n) is 16.1. The van der Waals surface area contributed by atoms with Gasteiger partial charge in [0.1, 0.15) is 0 Å². The Bertz CT molecular complexity index is 1190. The summed E-state index contributed by atoms with van der Waals surface area (Å²) < 4.78 is 31.0. The van der Waals surface area contributed by atoms with Gasteiger partial charge in [-0.25, -0.2) is 13.1 Å². The van der Waals surface area contributed by atoms with Gasteiger partial charge in [0.15, 0.2) is 0 Å². The molecule has 0 radical (unpaired) electrons. The molecule has 0 saturated carbocycles. The van der Waals surface area contributed by atoms with Crippen molar-refractivity contribution in [1.82, 2.24) is 9.29 Å². The number of benzene rings is 2. The van der Waals surface area contributed by atoms with Crippen LogP contribution in [0.25, 0.3) is 10.2 Å². The highest BCUT2D eigenvalue weighted by Crippen LogP contribution is 2.27. The first-order valence-corrected chi connectivity index (χ1v) is 12.0. The molecule has 7 heteroatoms. The number of nitrogens with one attached hydrogen (secondary N) is 1. The SMILES string of the molecule is CCCn1c(=O)sc2cc(S(=O)(=O)N[C@@H](C)c3ccc4c(c3)CCC4)ccc21. The fourth-order valence-corrected chi connectivity index (χ4v) is 6.17. The van der Waals surface area contributed by atoms with Gasteiger partial charge < -0.3 is 0 Å². The third kappa shape index (κ3) is 3.54. The highest BCUT2D eigenvalue weighted by molar-refractivity contribution is 7.89. The third-order valence-corrected chi connectivity index (χ3v) is 7.83. The van der Waals surface area contributed by atoms with Crippen LogP contribution >= 0.6 is 11.3 Å². The van der Waals surface area contributed by atoms with Gasteiger partial charge in [0.05, 0.1) is 15.1 Å². The van der Waals surface area contributed by atoms with Crippen LogP contribution < -0.4 is 9.60 Å². The van der Waals surface area contributed by atoms with E-state index in [0.29, 0.717) is 11.2 Å². The largest absolute Gasteiger partial charge is 0.308 e. The molecule has 1 aromatic heterocycles. The summed E-state index contributed by atoms with van der Waals surface area (Å²) >= 11 is 1.09. The molecule has 0 fully saturated rings. The summed E-state index contributed by atoms with van der Waals surface area (Å²) in [6.45, 7) is 4.51. The lowest BCUT2D eigenvalue weighted by Crippen LogP contribution is -2.27. The summed E-state index contributed by atoms with van der Waals surface area (Å²) in [6, 6.07) is 10.8. The first-order valence-electron chi connectivity index (χ1n) is 9.66. The Balaban J connectivity index is 1.62. The molecule has 2 aromatic carbocycles. The molecule has 0 spiro atoms. The molecule has 1 atom stereocenters. The minimum Gasteiger partial charge on any atom is -0.299 e. The van der Waals surface area contributed by atoms with Gasteiger partial charge in [-0.05, 0) is 67.5 Å². The highest BCUT2D eigenvalue weighted by Gasteiger charge is 2.21. The van der Waals surface area contributed by atoms with Crippen LogP contribution in [0.3, 0.4) is 0 Å². The number of nitrogens with zero attached hydrogens (tertiary/aromatic N) is 1. The van der Waals surface area contributed by atoms with E-state index >= 15 is 0 Å². The Hall–Kier alpha value is -1.96. The second-order valence-electron chi connectivity index (χ2n) is 7.37. The van der Waals surface area contributed by atoms with E-state index in [1.54, 1.807) is 22.8 Å². The van der Waals surface area contributed by atoms with Crippen LogP contribution in [0.1, 0.15) is 49.4 Å². The van der Waals surface area contributed by atoms with Gasteiger partial charge in [-0.2, -0.15) is 0 Å². The number of thiazole rings is 1. The first kappa shape index (κ1) is 19.4. The van der Waals surface area contributed by atoms with Crippen LogP contribution in [0.2, 0.25) is 0 Å². The second kappa shape index (κ2) is 7.46. The third-order valence-electron chi connectivity index (χ3n) is 5.35. The molecule has 0 bridgehead atoms. The molecule has 0 unspecified atom stereocenters. The molecule has 4 rings (SSSR count). The summed E-state index contributed by atoms with van der Waals surface area (Å²) in [4.78, 5) is 12.3. The predicted molar refractivity (Wildman–Crippen MR) is 114 cm³/mol. The molecule has 28 heavy (non-hydrogen) atoms. The van der Waals surface area contributed by atoms with Crippen molar-refractivity contribution in [3.05, 3.63) is 62.8 Å². The molecule has 1 heterocycles. The average Bonchev–Trinajstić information content (AvgIpc) is 3.25. The Labute approximate surface area is 169 Å². The van der Waals surface area contributed by atoms with Crippen molar-refractivity contribution in [3.8, 4) is 0 Å². The van der Waals surface area contributed by atoms with Gasteiger partial charge in [-0.15, -0.1) is 0 Å². The standard InChI is InChI=1S/C21H24N2O3S2/c1-3-11-23-19-10-9-18(13-20(19)27-21(23)24)28(25,26)22-14(2)16-8-7-15-5-4-6-17(15)12-16/h7-10,12-14,22H,3-6,11H2,1-2H3/t14-/m0/s1. The molecule has 3 aromatic rings. The van der Waals surface area contributed by atoms with Crippen LogP contribution in [0.15, 0.2) is 46.1 Å². The van der Waals surface area contributed by atoms with Crippen LogP contribution in [0.5, 0.6) is 0 Å². The Morgan fingerprint density at radius 1 is 1.14 bits per heavy atom. The summed E-state index contributed by atoms with van der Waals surface area (Å²) in [6.07, 6.45) is 4.19. The van der Waals surface area contributed by atoms with Crippen molar-refractivity contribution < 1.29 is 8.42 Å². The summed E-state index contributed by atoms with van der Waals surface area (Å²) in [5, 5.41) is 0. The van der Waals surface area contributed by atoms with E-state index < -0.39 is 10.0 Å². The molecule has 1 aliphatic carbocycles. The second-order valence-corrected chi connectivity index (χ2v) is 10.1. The molecular weight excluding hydrogens is 392 g/mol. The van der Waals surface area contributed by atoms with Gasteiger partial charge >= 0.3 is 4.87 Å². The van der Waals surface area contributed by atoms with Gasteiger partial charge in [0.25, 0.3) is 0 Å². The van der Waals surface area contributed by atoms with Crippen LogP contribution in [0, 0.1) is 0 Å². The fraction of sp³-hybridized carbons (Fsp3) is 0.381. The molecule has 0 aliphatic heterocycles. The van der Waals surface area contributed by atoms with Crippen LogP contribution in [-0.2, 0) is 29.4 Å². The maximum Gasteiger partial charge on any atom is 0.308 e. The van der Waals surface area contributed by atoms with Crippen LogP contribution in [-0.4, -0.2) is 13.0 Å². The summed E-state index contributed by atoms with van der Waals surface area (Å²) in [7, 11) is -3.68. The first-order chi connectivity index (χ1) is 13.4. The van der Waals surface area contributed by atoms with Crippen LogP contribution in [0.4, 0.5) is 0 Å². The summed E-state index contributed by atoms with van der Waals surface area (Å²) in [5.74, 6) is 0. The zero-order chi connectivity index (χ0) is 19.9. The fourth-order valence-electron chi connectivity index (χ4n) is 3.88. The van der Waals surface area contributed by atoms with E-state index in [1.165, 1.54) is 17.5 Å². The van der Waals surface area contributed by atoms with Gasteiger partial charge in [0.2, 0.25) is 10.0 Å². The lowest BCUT2D eigenvalue weighted by molar-refractivity contribution is 0.567. The number of rotatable bonds is 6. The molecule has 5 nitrogen and oxygen atoms in total. The lowest BCUT2D eigenvalue weighted by Gasteiger charge is -2.16. The van der Waals surface area contributed by atoms with Crippen molar-refractivity contribution in [2.45, 2.75) is 57.0 Å². The minimum atomic E-state index is -3.68. The highest BCUT2D eigenvalue weighted by atomic mass is 32.2. The Morgan fingerprint density at radius 3 is 2.71 bits per heavy atom. The molecule has 1 N–H and O–H groups in total. The van der Waals surface area contributed by atoms with E-state index in [-0.39, 0.29) is 15.8 Å². The van der Waals surface area contributed by atoms with E-state index in [1.807, 2.05) is 19.9 Å². The molecule has 1 aliphatic rings. The predicted octanol–water partition coefficient (Wildman–Crippen LogP) is 4.00. The van der Waals surface area contributed by atoms with Crippen molar-refractivity contribution in [2.75, 3.05) is 0 Å². The van der Waals surface area contributed by atoms with Crippen molar-refractivity contribution in [1.29, 1.82) is 0 Å². The smallest absolute Gasteiger partial charge is 0.299 e. The van der Waals surface area contributed by atoms with Gasteiger partial charge in [-0.3, -0.25) is 9.36 Å². The minimum absolute atomic E-state index is 0.0501. The van der Waals surface area contributed by atoms with E-state index in [9.17, 15) is 13.2 Å². The quantitative estimate of drug-likeness (QED) is 0.660. The maximum atomic E-state index is 12.9. The van der Waals surface area contributed by atoms with E-state index in [2.05, 4.69) is 16.9 Å². The van der Waals surface area contributed by atoms with Gasteiger partial charge in [0, 0.05) is 12.6 Å². The van der Waals surface area contributed by atoms with Crippen molar-refractivity contribution in [2.24, 2.45) is 0 Å². The number of hydrogen-bond acceptors (Lipinski definition) is 4. The normalized spacial score (nSPS) is 15.1. The topological polar surface area (TPSA) is 68.2 Å². The molecule has 148 valence electrons. The van der Waals surface area contributed by atoms with Crippen molar-refractivity contribution >= 4 is 31.6 Å². The number of hydrogen-bond donors (Lipinski definition) is 1. The van der Waals surface area contributed by atoms with Gasteiger partial charge in [-0.1, -0.05) is 36.5 Å². The lowest BCUT2D eigenvalue weighted by atomic mass is 10.0.